The fourth-order valence-corrected chi connectivity index (χ4v) is 1.88. The summed E-state index contributed by atoms with van der Waals surface area (Å²) in [7, 11) is 0. The van der Waals surface area contributed by atoms with E-state index in [1.165, 1.54) is 0 Å². The molecule has 2 aromatic rings. The Hall–Kier alpha value is -1.92. The third-order valence-electron chi connectivity index (χ3n) is 2.64. The Labute approximate surface area is 127 Å². The SMILES string of the molecule is CCOC(=O)CCNCc1nc(-c2cccc(Cl)c2)no1. The van der Waals surface area contributed by atoms with Gasteiger partial charge in [0.15, 0.2) is 0 Å². The number of hydrogen-bond donors (Lipinski definition) is 1. The van der Waals surface area contributed by atoms with Crippen LogP contribution in [-0.4, -0.2) is 29.3 Å². The summed E-state index contributed by atoms with van der Waals surface area (Å²) in [5, 5.41) is 7.56. The highest BCUT2D eigenvalue weighted by Crippen LogP contribution is 2.19. The molecule has 1 aromatic heterocycles. The van der Waals surface area contributed by atoms with E-state index in [-0.39, 0.29) is 5.97 Å². The maximum Gasteiger partial charge on any atom is 0.307 e. The zero-order valence-electron chi connectivity index (χ0n) is 11.6. The van der Waals surface area contributed by atoms with Gasteiger partial charge in [-0.1, -0.05) is 28.9 Å². The Morgan fingerprint density at radius 2 is 2.33 bits per heavy atom. The van der Waals surface area contributed by atoms with Gasteiger partial charge in [0.25, 0.3) is 0 Å². The van der Waals surface area contributed by atoms with E-state index in [0.29, 0.717) is 42.9 Å². The van der Waals surface area contributed by atoms with Gasteiger partial charge in [-0.2, -0.15) is 4.98 Å². The molecule has 0 aliphatic rings. The van der Waals surface area contributed by atoms with Crippen molar-refractivity contribution in [1.29, 1.82) is 0 Å². The average Bonchev–Trinajstić information content (AvgIpc) is 2.93. The van der Waals surface area contributed by atoms with Gasteiger partial charge < -0.3 is 14.6 Å². The summed E-state index contributed by atoms with van der Waals surface area (Å²) in [6.45, 7) is 3.06. The molecule has 1 N–H and O–H groups in total. The molecular formula is C14H16ClN3O3. The number of carbonyl (C=O) groups is 1. The minimum Gasteiger partial charge on any atom is -0.466 e. The lowest BCUT2D eigenvalue weighted by molar-refractivity contribution is -0.142. The maximum atomic E-state index is 11.1. The van der Waals surface area contributed by atoms with E-state index in [1.807, 2.05) is 12.1 Å². The van der Waals surface area contributed by atoms with Crippen LogP contribution in [0.2, 0.25) is 5.02 Å². The number of halogens is 1. The Kier molecular flexibility index (Phi) is 5.71. The minimum absolute atomic E-state index is 0.227. The van der Waals surface area contributed by atoms with Crippen molar-refractivity contribution in [3.05, 3.63) is 35.2 Å². The van der Waals surface area contributed by atoms with E-state index in [4.69, 9.17) is 20.9 Å². The first-order valence-corrected chi connectivity index (χ1v) is 7.01. The third-order valence-corrected chi connectivity index (χ3v) is 2.87. The molecule has 0 aliphatic heterocycles. The summed E-state index contributed by atoms with van der Waals surface area (Å²) in [6.07, 6.45) is 0.309. The van der Waals surface area contributed by atoms with Crippen LogP contribution < -0.4 is 5.32 Å². The molecule has 1 aromatic carbocycles. The van der Waals surface area contributed by atoms with Crippen molar-refractivity contribution in [1.82, 2.24) is 15.5 Å². The zero-order valence-corrected chi connectivity index (χ0v) is 12.4. The van der Waals surface area contributed by atoms with Crippen molar-refractivity contribution in [2.45, 2.75) is 19.9 Å². The first-order chi connectivity index (χ1) is 10.2. The normalized spacial score (nSPS) is 10.6. The van der Waals surface area contributed by atoms with Gasteiger partial charge in [-0.25, -0.2) is 0 Å². The van der Waals surface area contributed by atoms with Crippen LogP contribution in [0.25, 0.3) is 11.4 Å². The topological polar surface area (TPSA) is 77.2 Å². The second-order valence-electron chi connectivity index (χ2n) is 4.25. The monoisotopic (exact) mass is 309 g/mol. The molecule has 0 aliphatic carbocycles. The summed E-state index contributed by atoms with van der Waals surface area (Å²) < 4.78 is 9.96. The molecule has 2 rings (SSSR count). The van der Waals surface area contributed by atoms with Crippen molar-refractivity contribution in [2.24, 2.45) is 0 Å². The van der Waals surface area contributed by atoms with Crippen molar-refractivity contribution in [2.75, 3.05) is 13.2 Å². The number of benzene rings is 1. The van der Waals surface area contributed by atoms with Crippen LogP contribution in [0.4, 0.5) is 0 Å². The van der Waals surface area contributed by atoms with Crippen LogP contribution in [-0.2, 0) is 16.1 Å². The van der Waals surface area contributed by atoms with E-state index < -0.39 is 0 Å². The first kappa shape index (κ1) is 15.5. The van der Waals surface area contributed by atoms with E-state index >= 15 is 0 Å². The summed E-state index contributed by atoms with van der Waals surface area (Å²) in [5.41, 5.74) is 0.795. The van der Waals surface area contributed by atoms with Gasteiger partial charge >= 0.3 is 5.97 Å². The van der Waals surface area contributed by atoms with Gasteiger partial charge in [0.05, 0.1) is 19.6 Å². The lowest BCUT2D eigenvalue weighted by Crippen LogP contribution is -2.19. The molecule has 0 saturated heterocycles. The number of rotatable bonds is 7. The number of aromatic nitrogens is 2. The minimum atomic E-state index is -0.227. The molecule has 0 bridgehead atoms. The lowest BCUT2D eigenvalue weighted by Gasteiger charge is -2.01. The third kappa shape index (κ3) is 4.84. The fraction of sp³-hybridized carbons (Fsp3) is 0.357. The molecule has 0 saturated carbocycles. The maximum absolute atomic E-state index is 11.1. The van der Waals surface area contributed by atoms with Crippen LogP contribution in [0.3, 0.4) is 0 Å². The summed E-state index contributed by atoms with van der Waals surface area (Å²) in [4.78, 5) is 15.4. The molecule has 1 heterocycles. The first-order valence-electron chi connectivity index (χ1n) is 6.64. The van der Waals surface area contributed by atoms with Crippen LogP contribution >= 0.6 is 11.6 Å². The molecule has 21 heavy (non-hydrogen) atoms. The van der Waals surface area contributed by atoms with E-state index in [2.05, 4.69) is 15.5 Å². The number of nitrogens with zero attached hydrogens (tertiary/aromatic N) is 2. The van der Waals surface area contributed by atoms with Gasteiger partial charge in [-0.3, -0.25) is 4.79 Å². The summed E-state index contributed by atoms with van der Waals surface area (Å²) in [5.74, 6) is 0.712. The van der Waals surface area contributed by atoms with Crippen LogP contribution in [0.1, 0.15) is 19.2 Å². The van der Waals surface area contributed by atoms with Crippen LogP contribution in [0, 0.1) is 0 Å². The highest BCUT2D eigenvalue weighted by atomic mass is 35.5. The number of nitrogens with one attached hydrogen (secondary N) is 1. The van der Waals surface area contributed by atoms with Gasteiger partial charge in [-0.15, -0.1) is 0 Å². The molecule has 0 unspecified atom stereocenters. The highest BCUT2D eigenvalue weighted by molar-refractivity contribution is 6.30. The molecule has 112 valence electrons. The van der Waals surface area contributed by atoms with Gasteiger partial charge in [0.1, 0.15) is 0 Å². The van der Waals surface area contributed by atoms with Crippen LogP contribution in [0.15, 0.2) is 28.8 Å². The highest BCUT2D eigenvalue weighted by Gasteiger charge is 2.09. The molecule has 0 spiro atoms. The second kappa shape index (κ2) is 7.75. The smallest absolute Gasteiger partial charge is 0.307 e. The van der Waals surface area contributed by atoms with Crippen molar-refractivity contribution < 1.29 is 14.1 Å². The fourth-order valence-electron chi connectivity index (χ4n) is 1.69. The van der Waals surface area contributed by atoms with Crippen molar-refractivity contribution in [3.8, 4) is 11.4 Å². The van der Waals surface area contributed by atoms with Gasteiger partial charge in [0.2, 0.25) is 11.7 Å². The summed E-state index contributed by atoms with van der Waals surface area (Å²) >= 11 is 5.92. The lowest BCUT2D eigenvalue weighted by atomic mass is 10.2. The van der Waals surface area contributed by atoms with Gasteiger partial charge in [-0.05, 0) is 19.1 Å². The molecule has 6 nitrogen and oxygen atoms in total. The predicted molar refractivity (Wildman–Crippen MR) is 77.7 cm³/mol. The number of esters is 1. The van der Waals surface area contributed by atoms with Crippen molar-refractivity contribution >= 4 is 17.6 Å². The Morgan fingerprint density at radius 3 is 3.10 bits per heavy atom. The van der Waals surface area contributed by atoms with Crippen LogP contribution in [0.5, 0.6) is 0 Å². The summed E-state index contributed by atoms with van der Waals surface area (Å²) in [6, 6.07) is 7.23. The number of ether oxygens (including phenoxy) is 1. The average molecular weight is 310 g/mol. The predicted octanol–water partition coefficient (Wildman–Crippen LogP) is 2.43. The van der Waals surface area contributed by atoms with Gasteiger partial charge in [0, 0.05) is 17.1 Å². The molecule has 0 fully saturated rings. The second-order valence-corrected chi connectivity index (χ2v) is 4.69. The molecule has 0 radical (unpaired) electrons. The Balaban J connectivity index is 1.82. The number of hydrogen-bond acceptors (Lipinski definition) is 6. The zero-order chi connectivity index (χ0) is 15.1. The Bertz CT molecular complexity index is 601. The molecule has 0 atom stereocenters. The standard InChI is InChI=1S/C14H16ClN3O3/c1-2-20-13(19)6-7-16-9-12-17-14(18-21-12)10-4-3-5-11(15)8-10/h3-5,8,16H,2,6-7,9H2,1H3. The number of carbonyl (C=O) groups excluding carboxylic acids is 1. The van der Waals surface area contributed by atoms with E-state index in [9.17, 15) is 4.79 Å². The molecule has 7 heteroatoms. The molecule has 0 amide bonds. The molecular weight excluding hydrogens is 294 g/mol. The van der Waals surface area contributed by atoms with Crippen molar-refractivity contribution in [3.63, 3.8) is 0 Å². The van der Waals surface area contributed by atoms with E-state index in [0.717, 1.165) is 5.56 Å². The largest absolute Gasteiger partial charge is 0.466 e. The Morgan fingerprint density at radius 1 is 1.48 bits per heavy atom. The quantitative estimate of drug-likeness (QED) is 0.625. The van der Waals surface area contributed by atoms with E-state index in [1.54, 1.807) is 19.1 Å².